The van der Waals surface area contributed by atoms with Crippen molar-refractivity contribution in [2.24, 2.45) is 5.73 Å². The summed E-state index contributed by atoms with van der Waals surface area (Å²) in [5, 5.41) is 27.3. The van der Waals surface area contributed by atoms with Crippen LogP contribution in [-0.2, 0) is 84.7 Å². The van der Waals surface area contributed by atoms with Crippen molar-refractivity contribution in [3.05, 3.63) is 163 Å². The van der Waals surface area contributed by atoms with Crippen molar-refractivity contribution in [3.8, 4) is 0 Å². The molecular formula is C85H111F9LaN14O19S3. The number of fused-ring (bicyclic) bond motifs is 16. The van der Waals surface area contributed by atoms with Gasteiger partial charge in [-0.25, -0.2) is 19.6 Å². The van der Waals surface area contributed by atoms with Crippen molar-refractivity contribution < 1.29 is 162 Å². The molecule has 10 rings (SSSR count). The number of alkyl halides is 9. The number of carboxylic acid groups (broad SMARTS) is 2. The molecule has 1 radical (unpaired) electrons. The summed E-state index contributed by atoms with van der Waals surface area (Å²) in [4.78, 5) is 118. The van der Waals surface area contributed by atoms with E-state index in [2.05, 4.69) is 83.2 Å². The molecule has 4 aliphatic heterocycles. The molecule has 6 aromatic heterocycles. The molecule has 2 amide bonds. The number of hydrogen-bond donors (Lipinski definition) is 12. The quantitative estimate of drug-likeness (QED) is 0.0116. The average Bonchev–Trinajstić information content (AvgIpc) is 1.60. The molecule has 10 heterocycles. The van der Waals surface area contributed by atoms with Crippen molar-refractivity contribution in [1.82, 2.24) is 65.2 Å². The molecule has 0 spiro atoms. The summed E-state index contributed by atoms with van der Waals surface area (Å²) >= 11 is 0. The van der Waals surface area contributed by atoms with Crippen LogP contribution in [0.4, 0.5) is 39.5 Å². The Balaban J connectivity index is 0.000000416. The first-order valence-corrected chi connectivity index (χ1v) is 44.5. The monoisotopic (exact) mass is 2040 g/mol. The number of aromatic carboxylic acids is 2. The molecule has 4 aliphatic rings. The molecule has 719 valence electrons. The van der Waals surface area contributed by atoms with E-state index >= 15 is 0 Å². The molecule has 0 aromatic carbocycles. The maximum Gasteiger partial charge on any atom is 0.522 e. The largest absolute Gasteiger partial charge is 0.522 e. The van der Waals surface area contributed by atoms with E-state index < -0.39 is 64.8 Å². The number of methoxy groups -OCH3 is 2. The second-order valence-electron chi connectivity index (χ2n) is 31.2. The number of aromatic nitrogens is 8. The number of carbonyl (C=O) groups excluding carboxylic acids is 4. The van der Waals surface area contributed by atoms with Crippen molar-refractivity contribution in [1.29, 1.82) is 0 Å². The zero-order valence-electron chi connectivity index (χ0n) is 75.6. The number of aryl methyl sites for hydroxylation is 6. The predicted molar refractivity (Wildman–Crippen MR) is 475 cm³/mol. The van der Waals surface area contributed by atoms with Crippen molar-refractivity contribution >= 4 is 132 Å². The Morgan fingerprint density at radius 1 is 0.481 bits per heavy atom. The summed E-state index contributed by atoms with van der Waals surface area (Å²) < 4.78 is 183. The molecule has 0 aliphatic carbocycles. The number of esters is 2. The van der Waals surface area contributed by atoms with Gasteiger partial charge in [0.15, 0.2) is 0 Å². The second kappa shape index (κ2) is 47.7. The molecule has 0 saturated heterocycles. The molecule has 131 heavy (non-hydrogen) atoms. The first kappa shape index (κ1) is 113. The number of halogens is 9. The van der Waals surface area contributed by atoms with Gasteiger partial charge in [-0.3, -0.25) is 42.8 Å². The Labute approximate surface area is 780 Å². The van der Waals surface area contributed by atoms with Gasteiger partial charge in [-0.1, -0.05) is 53.0 Å². The number of nitrogens with two attached hydrogens (primary N) is 1. The number of H-pyrrole nitrogens is 4. The number of ether oxygens (including phenoxy) is 2. The van der Waals surface area contributed by atoms with Gasteiger partial charge in [0.2, 0.25) is 11.8 Å². The van der Waals surface area contributed by atoms with Crippen molar-refractivity contribution in [3.63, 3.8) is 0 Å². The van der Waals surface area contributed by atoms with Gasteiger partial charge >= 0.3 is 70.8 Å². The van der Waals surface area contributed by atoms with Gasteiger partial charge in [0, 0.05) is 178 Å². The molecule has 0 fully saturated rings. The van der Waals surface area contributed by atoms with Gasteiger partial charge in [-0.05, 0) is 190 Å². The number of allylic oxidation sites excluding steroid dienone is 6. The molecule has 46 heteroatoms. The van der Waals surface area contributed by atoms with E-state index in [-0.39, 0.29) is 119 Å². The smallest absolute Gasteiger partial charge is 0.478 e. The number of nitrogens with one attached hydrogen (secondary N) is 6. The summed E-state index contributed by atoms with van der Waals surface area (Å²) in [5.41, 5.74) is 9.84. The molecule has 0 saturated carbocycles. The van der Waals surface area contributed by atoms with Crippen LogP contribution in [0.15, 0.2) is 61.7 Å². The fourth-order valence-electron chi connectivity index (χ4n) is 14.5. The number of carboxylic acids is 2. The molecule has 33 nitrogen and oxygen atoms in total. The standard InChI is InChI=1S/C42H56N8O4.C36H40N4O6.C4H12N2.3CHF3O3S.La/c1-11-27-23(3)31-20-33-25(5)29(13-14-37(51)43-15-17-49(7)8)40(47-33)30(19-38(52)44-16-18-50(9)10)41-39(42(53)54)26(6)34(48-41)22-36-28(12-2)24(4)32(46-36)21-35(27)45-31;1-9-21-17(3)25-14-27-19(5)23(11-12-31(41)45-7)34(39-27)24(13-32(42)46-8)35-33(36(43)44)20(6)28(40-35)16-30-22(10-2)18(4)26(38-30)15-29(21)37-25;1-6(2)4-3-5;3*2-1(3,4)8(5,6)7;/h11,20-22,25,29,46,48H,1,12-19H2,2-10H3,(H,43,51)(H,44,52)(H,53,54);9,14-16,19,23,38,40H,1,10-13H2,2-8H3,(H,43,44);3-5H2,1-2H3;3*(H,5,6,7);/t25-,29-;19-,23-;;;;;/m00...../s1. The normalized spacial score (nSPS) is 15.1. The minimum atomic E-state index is -5.84. The zero-order valence-corrected chi connectivity index (χ0v) is 81.7. The van der Waals surface area contributed by atoms with E-state index in [1.165, 1.54) is 14.2 Å². The SMILES string of the molecule is C=CC1=C(C)c2cc3nc(c(CC(=O)NCCN(C)C)c4[nH]c(cc5[nH]c(cc1n2)c(C)c5CC)c(C)c4C(=O)O)[C@@H](CCC(=O)NCCN(C)C)[C@@H]3C.C=CC1=C(C)c2cc3nc(c(CC(=O)OC)c4[nH]c(cc5[nH]c(cc1n2)c(C)c5CC)c(C)c4C(=O)O)[C@@H](CCC(=O)OC)[C@@H]3C.CN(C)CCN.O=S(=O)(O)C(F)(F)F.O=S(=O)(O)C(F)(F)F.O=S(=O)(O)C(F)(F)F.[La]. The summed E-state index contributed by atoms with van der Waals surface area (Å²) in [6.07, 6.45) is 6.02. The third kappa shape index (κ3) is 29.6. The number of amides is 2. The summed E-state index contributed by atoms with van der Waals surface area (Å²) in [7, 11) is -3.08. The Morgan fingerprint density at radius 3 is 1.11 bits per heavy atom. The van der Waals surface area contributed by atoms with E-state index in [0.29, 0.717) is 88.4 Å². The number of aromatic amines is 4. The summed E-state index contributed by atoms with van der Waals surface area (Å²) in [6, 6.07) is 11.9. The van der Waals surface area contributed by atoms with Gasteiger partial charge in [-0.2, -0.15) is 64.8 Å². The fourth-order valence-corrected chi connectivity index (χ4v) is 14.5. The second-order valence-corrected chi connectivity index (χ2v) is 35.4. The van der Waals surface area contributed by atoms with Gasteiger partial charge < -0.3 is 70.7 Å². The Morgan fingerprint density at radius 2 is 0.809 bits per heavy atom. The molecule has 6 aromatic rings. The van der Waals surface area contributed by atoms with Crippen LogP contribution in [-0.4, -0.2) is 252 Å². The third-order valence-electron chi connectivity index (χ3n) is 21.6. The Bertz CT molecular complexity index is 5960. The van der Waals surface area contributed by atoms with Crippen LogP contribution >= 0.6 is 0 Å². The fraction of sp³-hybridized carbons (Fsp3) is 0.459. The van der Waals surface area contributed by atoms with E-state index in [1.807, 2.05) is 121 Å². The maximum atomic E-state index is 13.8. The zero-order chi connectivity index (χ0) is 98.9. The Hall–Kier alpha value is -9.85. The average molecular weight is 2040 g/mol. The van der Waals surface area contributed by atoms with E-state index in [0.717, 1.165) is 128 Å². The van der Waals surface area contributed by atoms with Gasteiger partial charge in [0.05, 0.1) is 83.4 Å². The van der Waals surface area contributed by atoms with E-state index in [9.17, 15) is 78.5 Å². The number of carbonyl (C=O) groups is 6. The first-order chi connectivity index (χ1) is 60.1. The van der Waals surface area contributed by atoms with Crippen LogP contribution in [0.5, 0.6) is 0 Å². The molecular weight excluding hydrogens is 1930 g/mol. The third-order valence-corrected chi connectivity index (χ3v) is 23.3. The van der Waals surface area contributed by atoms with Gasteiger partial charge in [0.25, 0.3) is 0 Å². The molecule has 13 N–H and O–H groups in total. The molecule has 0 unspecified atom stereocenters. The number of hydrogen-bond acceptors (Lipinski definition) is 22. The molecule has 4 atom stereocenters. The minimum Gasteiger partial charge on any atom is -0.478 e. The van der Waals surface area contributed by atoms with E-state index in [4.69, 9.17) is 74.1 Å². The minimum absolute atomic E-state index is 0. The van der Waals surface area contributed by atoms with Crippen LogP contribution in [0.2, 0.25) is 0 Å². The van der Waals surface area contributed by atoms with E-state index in [1.54, 1.807) is 13.8 Å². The number of likely N-dealkylation sites (N-methyl/N-ethyl adjacent to an activating group) is 3. The van der Waals surface area contributed by atoms with Crippen LogP contribution in [0.1, 0.15) is 202 Å². The topological polar surface area (TPSA) is 499 Å². The number of rotatable bonds is 24. The van der Waals surface area contributed by atoms with Crippen LogP contribution in [0, 0.1) is 63.3 Å². The van der Waals surface area contributed by atoms with Crippen molar-refractivity contribution in [2.45, 2.75) is 161 Å². The first-order valence-electron chi connectivity index (χ1n) is 40.2. The van der Waals surface area contributed by atoms with Gasteiger partial charge in [-0.15, -0.1) is 0 Å². The predicted octanol–water partition coefficient (Wildman–Crippen LogP) is 13.4. The Kier molecular flexibility index (Phi) is 41.3. The number of nitrogens with zero attached hydrogens (tertiary/aromatic N) is 7. The maximum absolute atomic E-state index is 13.8. The van der Waals surface area contributed by atoms with Gasteiger partial charge in [0.1, 0.15) is 0 Å². The summed E-state index contributed by atoms with van der Waals surface area (Å²) in [5.74, 6) is -4.42. The molecule has 16 bridgehead atoms. The van der Waals surface area contributed by atoms with Crippen LogP contribution < -0.4 is 16.4 Å². The van der Waals surface area contributed by atoms with Crippen molar-refractivity contribution in [2.75, 3.05) is 95.8 Å². The summed E-state index contributed by atoms with van der Waals surface area (Å²) in [6.45, 7) is 32.2. The van der Waals surface area contributed by atoms with Crippen LogP contribution in [0.25, 0.3) is 66.4 Å². The van der Waals surface area contributed by atoms with Crippen LogP contribution in [0.3, 0.4) is 0 Å².